The molecule has 0 spiro atoms. The van der Waals surface area contributed by atoms with E-state index in [0.717, 1.165) is 12.8 Å². The molecule has 3 heteroatoms. The van der Waals surface area contributed by atoms with Crippen molar-refractivity contribution in [1.82, 2.24) is 0 Å². The van der Waals surface area contributed by atoms with E-state index in [0.29, 0.717) is 11.3 Å². The molecular formula is C11H12ClNO. The van der Waals surface area contributed by atoms with Crippen molar-refractivity contribution in [1.29, 1.82) is 0 Å². The predicted octanol–water partition coefficient (Wildman–Crippen LogP) is 2.53. The number of rotatable bonds is 1. The van der Waals surface area contributed by atoms with Crippen LogP contribution in [0.15, 0.2) is 12.1 Å². The molecule has 0 fully saturated rings. The second-order valence-electron chi connectivity index (χ2n) is 3.69. The standard InChI is InChI=1S/C11H12ClNO/c12-11(14)9-5-7-3-1-2-4-8(7)6-10(9)13/h5-6H,1-4,13H2. The summed E-state index contributed by atoms with van der Waals surface area (Å²) < 4.78 is 0. The number of benzene rings is 1. The molecule has 0 atom stereocenters. The fourth-order valence-corrected chi connectivity index (χ4v) is 2.14. The Balaban J connectivity index is 2.50. The van der Waals surface area contributed by atoms with Crippen molar-refractivity contribution in [3.05, 3.63) is 28.8 Å². The molecule has 74 valence electrons. The van der Waals surface area contributed by atoms with Crippen LogP contribution in [0.5, 0.6) is 0 Å². The molecule has 0 radical (unpaired) electrons. The first kappa shape index (κ1) is 9.53. The van der Waals surface area contributed by atoms with Crippen LogP contribution in [0.1, 0.15) is 34.3 Å². The van der Waals surface area contributed by atoms with Crippen LogP contribution in [0, 0.1) is 0 Å². The lowest BCUT2D eigenvalue weighted by atomic mass is 9.90. The van der Waals surface area contributed by atoms with Crippen LogP contribution in [0.2, 0.25) is 0 Å². The normalized spacial score (nSPS) is 14.9. The van der Waals surface area contributed by atoms with Crippen LogP contribution in [-0.2, 0) is 12.8 Å². The first-order chi connectivity index (χ1) is 6.68. The van der Waals surface area contributed by atoms with E-state index < -0.39 is 5.24 Å². The molecule has 1 aliphatic rings. The van der Waals surface area contributed by atoms with Gasteiger partial charge in [-0.3, -0.25) is 4.79 Å². The summed E-state index contributed by atoms with van der Waals surface area (Å²) in [6.07, 6.45) is 4.50. The second-order valence-corrected chi connectivity index (χ2v) is 4.03. The van der Waals surface area contributed by atoms with Gasteiger partial charge in [0.25, 0.3) is 5.24 Å². The maximum absolute atomic E-state index is 11.0. The minimum Gasteiger partial charge on any atom is -0.398 e. The number of halogens is 1. The molecule has 0 amide bonds. The zero-order chi connectivity index (χ0) is 10.1. The Morgan fingerprint density at radius 2 is 1.79 bits per heavy atom. The number of carbonyl (C=O) groups is 1. The van der Waals surface area contributed by atoms with Gasteiger partial charge in [-0.15, -0.1) is 0 Å². The Hall–Kier alpha value is -1.02. The highest BCUT2D eigenvalue weighted by Gasteiger charge is 2.14. The lowest BCUT2D eigenvalue weighted by Gasteiger charge is -2.17. The van der Waals surface area contributed by atoms with Gasteiger partial charge in [-0.1, -0.05) is 0 Å². The SMILES string of the molecule is Nc1cc2c(cc1C(=O)Cl)CCCC2. The summed E-state index contributed by atoms with van der Waals surface area (Å²) in [6.45, 7) is 0. The first-order valence-corrected chi connectivity index (χ1v) is 5.17. The number of nitrogen functional groups attached to an aromatic ring is 1. The van der Waals surface area contributed by atoms with Crippen molar-refractivity contribution in [3.63, 3.8) is 0 Å². The highest BCUT2D eigenvalue weighted by Crippen LogP contribution is 2.26. The van der Waals surface area contributed by atoms with Gasteiger partial charge < -0.3 is 5.73 Å². The topological polar surface area (TPSA) is 43.1 Å². The summed E-state index contributed by atoms with van der Waals surface area (Å²) in [5, 5.41) is -0.462. The van der Waals surface area contributed by atoms with Crippen LogP contribution in [0.3, 0.4) is 0 Å². The third-order valence-corrected chi connectivity index (χ3v) is 2.93. The lowest BCUT2D eigenvalue weighted by molar-refractivity contribution is 0.108. The first-order valence-electron chi connectivity index (χ1n) is 4.79. The lowest BCUT2D eigenvalue weighted by Crippen LogP contribution is -2.07. The van der Waals surface area contributed by atoms with Gasteiger partial charge in [-0.2, -0.15) is 0 Å². The van der Waals surface area contributed by atoms with Crippen molar-refractivity contribution >= 4 is 22.5 Å². The monoisotopic (exact) mass is 209 g/mol. The Labute approximate surface area is 88.1 Å². The largest absolute Gasteiger partial charge is 0.398 e. The quantitative estimate of drug-likeness (QED) is 0.571. The molecule has 1 aromatic carbocycles. The van der Waals surface area contributed by atoms with Gasteiger partial charge >= 0.3 is 0 Å². The minimum atomic E-state index is -0.462. The minimum absolute atomic E-state index is 0.451. The number of aryl methyl sites for hydroxylation is 2. The van der Waals surface area contributed by atoms with Gasteiger partial charge in [-0.05, 0) is 60.5 Å². The number of anilines is 1. The molecule has 2 rings (SSSR count). The van der Waals surface area contributed by atoms with Crippen molar-refractivity contribution < 1.29 is 4.79 Å². The molecule has 0 saturated carbocycles. The van der Waals surface area contributed by atoms with Crippen molar-refractivity contribution in [2.75, 3.05) is 5.73 Å². The van der Waals surface area contributed by atoms with Crippen molar-refractivity contribution in [2.24, 2.45) is 0 Å². The zero-order valence-electron chi connectivity index (χ0n) is 7.85. The summed E-state index contributed by atoms with van der Waals surface area (Å²) in [5.74, 6) is 0. The van der Waals surface area contributed by atoms with Crippen LogP contribution < -0.4 is 5.73 Å². The third-order valence-electron chi connectivity index (χ3n) is 2.73. The number of nitrogens with two attached hydrogens (primary N) is 1. The molecule has 2 nitrogen and oxygen atoms in total. The van der Waals surface area contributed by atoms with Crippen LogP contribution in [-0.4, -0.2) is 5.24 Å². The van der Waals surface area contributed by atoms with Gasteiger partial charge in [0.1, 0.15) is 0 Å². The smallest absolute Gasteiger partial charge is 0.254 e. The molecule has 1 aromatic rings. The van der Waals surface area contributed by atoms with E-state index in [1.54, 1.807) is 0 Å². The number of hydrogen-bond acceptors (Lipinski definition) is 2. The van der Waals surface area contributed by atoms with Gasteiger partial charge in [0.05, 0.1) is 5.56 Å². The molecule has 0 bridgehead atoms. The zero-order valence-corrected chi connectivity index (χ0v) is 8.60. The highest BCUT2D eigenvalue weighted by atomic mass is 35.5. The average molecular weight is 210 g/mol. The van der Waals surface area contributed by atoms with E-state index in [2.05, 4.69) is 0 Å². The van der Waals surface area contributed by atoms with E-state index >= 15 is 0 Å². The molecule has 0 heterocycles. The van der Waals surface area contributed by atoms with Gasteiger partial charge in [-0.25, -0.2) is 0 Å². The van der Waals surface area contributed by atoms with E-state index in [4.69, 9.17) is 17.3 Å². The van der Waals surface area contributed by atoms with Crippen LogP contribution in [0.25, 0.3) is 0 Å². The molecule has 0 saturated heterocycles. The summed E-state index contributed by atoms with van der Waals surface area (Å²) in [6, 6.07) is 3.74. The van der Waals surface area contributed by atoms with Gasteiger partial charge in [0, 0.05) is 5.69 Å². The van der Waals surface area contributed by atoms with E-state index in [1.807, 2.05) is 12.1 Å². The third kappa shape index (κ3) is 1.62. The molecule has 0 unspecified atom stereocenters. The van der Waals surface area contributed by atoms with E-state index in [-0.39, 0.29) is 0 Å². The molecule has 2 N–H and O–H groups in total. The predicted molar refractivity (Wildman–Crippen MR) is 57.7 cm³/mol. The number of fused-ring (bicyclic) bond motifs is 1. The van der Waals surface area contributed by atoms with Crippen molar-refractivity contribution in [2.45, 2.75) is 25.7 Å². The maximum Gasteiger partial charge on any atom is 0.254 e. The average Bonchev–Trinajstić information content (AvgIpc) is 2.16. The molecule has 14 heavy (non-hydrogen) atoms. The molecular weight excluding hydrogens is 198 g/mol. The summed E-state index contributed by atoms with van der Waals surface area (Å²) >= 11 is 5.43. The summed E-state index contributed by atoms with van der Waals surface area (Å²) in [5.41, 5.74) is 9.20. The fourth-order valence-electron chi connectivity index (χ4n) is 1.97. The van der Waals surface area contributed by atoms with Gasteiger partial charge in [0.2, 0.25) is 0 Å². The molecule has 0 aliphatic heterocycles. The highest BCUT2D eigenvalue weighted by molar-refractivity contribution is 6.68. The van der Waals surface area contributed by atoms with Crippen LogP contribution in [0.4, 0.5) is 5.69 Å². The van der Waals surface area contributed by atoms with E-state index in [9.17, 15) is 4.79 Å². The Kier molecular flexibility index (Phi) is 2.46. The van der Waals surface area contributed by atoms with Gasteiger partial charge in [0.15, 0.2) is 0 Å². The Bertz CT molecular complexity index is 387. The van der Waals surface area contributed by atoms with Crippen LogP contribution >= 0.6 is 11.6 Å². The summed E-state index contributed by atoms with van der Waals surface area (Å²) in [4.78, 5) is 11.0. The Morgan fingerprint density at radius 1 is 1.21 bits per heavy atom. The number of carbonyl (C=O) groups excluding carboxylic acids is 1. The molecule has 0 aromatic heterocycles. The maximum atomic E-state index is 11.0. The molecule has 1 aliphatic carbocycles. The second kappa shape index (κ2) is 3.62. The number of hydrogen-bond donors (Lipinski definition) is 1. The van der Waals surface area contributed by atoms with Crippen molar-refractivity contribution in [3.8, 4) is 0 Å². The van der Waals surface area contributed by atoms with E-state index in [1.165, 1.54) is 24.0 Å². The Morgan fingerprint density at radius 3 is 2.36 bits per heavy atom. The summed E-state index contributed by atoms with van der Waals surface area (Å²) in [7, 11) is 0. The fraction of sp³-hybridized carbons (Fsp3) is 0.364.